The van der Waals surface area contributed by atoms with Gasteiger partial charge in [0.1, 0.15) is 6.10 Å². The largest absolute Gasteiger partial charge is 0.393 e. The molecule has 2 atom stereocenters. The van der Waals surface area contributed by atoms with Gasteiger partial charge in [-0.3, -0.25) is 0 Å². The minimum absolute atomic E-state index is 0.0874. The Hall–Kier alpha value is -0.380. The summed E-state index contributed by atoms with van der Waals surface area (Å²) in [5.74, 6) is 0. The van der Waals surface area contributed by atoms with Crippen molar-refractivity contribution in [3.8, 4) is 0 Å². The van der Waals surface area contributed by atoms with Crippen molar-refractivity contribution in [1.82, 2.24) is 0 Å². The fourth-order valence-corrected chi connectivity index (χ4v) is 0.862. The van der Waals surface area contributed by atoms with Crippen molar-refractivity contribution in [2.75, 3.05) is 6.61 Å². The standard InChI is InChI=1S/C6H10O3/c1-4-2-6(8)9-5(4)3-7/h5-8H,1-3H2/t5-,6?/m1/s1. The first-order valence-electron chi connectivity index (χ1n) is 2.86. The van der Waals surface area contributed by atoms with Crippen LogP contribution in [0.3, 0.4) is 0 Å². The Morgan fingerprint density at radius 2 is 2.44 bits per heavy atom. The highest BCUT2D eigenvalue weighted by molar-refractivity contribution is 5.07. The lowest BCUT2D eigenvalue weighted by atomic mass is 10.1. The molecule has 1 saturated heterocycles. The fraction of sp³-hybridized carbons (Fsp3) is 0.667. The Balaban J connectivity index is 2.48. The molecule has 3 heteroatoms. The van der Waals surface area contributed by atoms with E-state index in [4.69, 9.17) is 14.9 Å². The molecule has 9 heavy (non-hydrogen) atoms. The van der Waals surface area contributed by atoms with Gasteiger partial charge in [-0.15, -0.1) is 0 Å². The van der Waals surface area contributed by atoms with Gasteiger partial charge in [0.25, 0.3) is 0 Å². The summed E-state index contributed by atoms with van der Waals surface area (Å²) in [5, 5.41) is 17.4. The number of hydrogen-bond donors (Lipinski definition) is 2. The highest BCUT2D eigenvalue weighted by Crippen LogP contribution is 2.21. The van der Waals surface area contributed by atoms with E-state index in [0.29, 0.717) is 6.42 Å². The van der Waals surface area contributed by atoms with Crippen molar-refractivity contribution in [1.29, 1.82) is 0 Å². The van der Waals surface area contributed by atoms with Crippen LogP contribution in [0.5, 0.6) is 0 Å². The molecule has 0 spiro atoms. The number of ether oxygens (including phenoxy) is 1. The average molecular weight is 130 g/mol. The second-order valence-electron chi connectivity index (χ2n) is 2.12. The highest BCUT2D eigenvalue weighted by atomic mass is 16.6. The normalized spacial score (nSPS) is 35.6. The van der Waals surface area contributed by atoms with Crippen LogP contribution in [0, 0.1) is 0 Å². The number of aliphatic hydroxyl groups is 2. The Morgan fingerprint density at radius 1 is 1.78 bits per heavy atom. The van der Waals surface area contributed by atoms with Gasteiger partial charge in [-0.2, -0.15) is 0 Å². The van der Waals surface area contributed by atoms with E-state index in [9.17, 15) is 0 Å². The lowest BCUT2D eigenvalue weighted by molar-refractivity contribution is -0.0987. The number of rotatable bonds is 1. The Bertz CT molecular complexity index is 121. The average Bonchev–Trinajstić information content (AvgIpc) is 2.10. The molecule has 0 aliphatic carbocycles. The smallest absolute Gasteiger partial charge is 0.159 e. The molecule has 0 bridgehead atoms. The van der Waals surface area contributed by atoms with Crippen molar-refractivity contribution < 1.29 is 14.9 Å². The summed E-state index contributed by atoms with van der Waals surface area (Å²) in [6.07, 6.45) is -0.653. The monoisotopic (exact) mass is 130 g/mol. The first-order valence-corrected chi connectivity index (χ1v) is 2.86. The highest BCUT2D eigenvalue weighted by Gasteiger charge is 2.25. The maximum Gasteiger partial charge on any atom is 0.159 e. The first kappa shape index (κ1) is 6.74. The lowest BCUT2D eigenvalue weighted by Crippen LogP contribution is -2.14. The zero-order valence-corrected chi connectivity index (χ0v) is 5.08. The third-order valence-corrected chi connectivity index (χ3v) is 1.38. The van der Waals surface area contributed by atoms with Crippen LogP contribution < -0.4 is 0 Å². The summed E-state index contributed by atoms with van der Waals surface area (Å²) >= 11 is 0. The molecule has 1 unspecified atom stereocenters. The molecule has 0 radical (unpaired) electrons. The molecule has 1 heterocycles. The molecular weight excluding hydrogens is 120 g/mol. The molecule has 52 valence electrons. The Labute approximate surface area is 53.6 Å². The number of aliphatic hydroxyl groups excluding tert-OH is 2. The van der Waals surface area contributed by atoms with E-state index in [2.05, 4.69) is 6.58 Å². The molecule has 1 rings (SSSR count). The molecule has 1 aliphatic rings. The summed E-state index contributed by atoms with van der Waals surface area (Å²) < 4.78 is 4.83. The minimum Gasteiger partial charge on any atom is -0.393 e. The van der Waals surface area contributed by atoms with E-state index >= 15 is 0 Å². The van der Waals surface area contributed by atoms with Gasteiger partial charge in [0.15, 0.2) is 6.29 Å². The van der Waals surface area contributed by atoms with E-state index < -0.39 is 6.29 Å². The van der Waals surface area contributed by atoms with Gasteiger partial charge in [-0.25, -0.2) is 0 Å². The SMILES string of the molecule is C=C1CC(O)O[C@@H]1CO. The van der Waals surface area contributed by atoms with Crippen molar-refractivity contribution >= 4 is 0 Å². The van der Waals surface area contributed by atoms with Crippen LogP contribution in [0.4, 0.5) is 0 Å². The van der Waals surface area contributed by atoms with E-state index in [1.165, 1.54) is 0 Å². The molecule has 0 aromatic carbocycles. The predicted molar refractivity (Wildman–Crippen MR) is 31.7 cm³/mol. The third kappa shape index (κ3) is 1.30. The maximum absolute atomic E-state index is 8.81. The second-order valence-corrected chi connectivity index (χ2v) is 2.12. The molecule has 0 amide bonds. The molecular formula is C6H10O3. The molecule has 0 saturated carbocycles. The van der Waals surface area contributed by atoms with E-state index in [-0.39, 0.29) is 12.7 Å². The van der Waals surface area contributed by atoms with Crippen LogP contribution in [0.25, 0.3) is 0 Å². The molecule has 2 N–H and O–H groups in total. The van der Waals surface area contributed by atoms with Gasteiger partial charge in [-0.05, 0) is 5.57 Å². The van der Waals surface area contributed by atoms with E-state index in [0.717, 1.165) is 5.57 Å². The summed E-state index contributed by atoms with van der Waals surface area (Å²) in [5.41, 5.74) is 0.769. The van der Waals surface area contributed by atoms with Crippen molar-refractivity contribution in [2.45, 2.75) is 18.8 Å². The molecule has 0 aromatic heterocycles. The van der Waals surface area contributed by atoms with Gasteiger partial charge in [0.2, 0.25) is 0 Å². The summed E-state index contributed by atoms with van der Waals surface area (Å²) in [6.45, 7) is 3.52. The Morgan fingerprint density at radius 3 is 2.67 bits per heavy atom. The molecule has 1 aliphatic heterocycles. The minimum atomic E-state index is -0.755. The predicted octanol–water partition coefficient (Wildman–Crippen LogP) is -0.358. The van der Waals surface area contributed by atoms with Crippen molar-refractivity contribution in [2.24, 2.45) is 0 Å². The van der Waals surface area contributed by atoms with Crippen LogP contribution in [0.1, 0.15) is 6.42 Å². The first-order chi connectivity index (χ1) is 4.24. The van der Waals surface area contributed by atoms with Crippen LogP contribution in [0.15, 0.2) is 12.2 Å². The van der Waals surface area contributed by atoms with Crippen LogP contribution in [0.2, 0.25) is 0 Å². The third-order valence-electron chi connectivity index (χ3n) is 1.38. The quantitative estimate of drug-likeness (QED) is 0.477. The van der Waals surface area contributed by atoms with Gasteiger partial charge in [-0.1, -0.05) is 6.58 Å². The van der Waals surface area contributed by atoms with Gasteiger partial charge in [0, 0.05) is 6.42 Å². The zero-order valence-electron chi connectivity index (χ0n) is 5.08. The molecule has 3 nitrogen and oxygen atoms in total. The van der Waals surface area contributed by atoms with E-state index in [1.54, 1.807) is 0 Å². The van der Waals surface area contributed by atoms with Crippen molar-refractivity contribution in [3.05, 3.63) is 12.2 Å². The Kier molecular flexibility index (Phi) is 1.85. The summed E-state index contributed by atoms with van der Waals surface area (Å²) in [4.78, 5) is 0. The van der Waals surface area contributed by atoms with Gasteiger partial charge < -0.3 is 14.9 Å². The lowest BCUT2D eigenvalue weighted by Gasteiger charge is -2.05. The zero-order chi connectivity index (χ0) is 6.85. The second kappa shape index (κ2) is 2.47. The summed E-state index contributed by atoms with van der Waals surface area (Å²) in [7, 11) is 0. The summed E-state index contributed by atoms with van der Waals surface area (Å²) in [6, 6.07) is 0. The van der Waals surface area contributed by atoms with Crippen LogP contribution in [-0.4, -0.2) is 29.2 Å². The van der Waals surface area contributed by atoms with Gasteiger partial charge in [0.05, 0.1) is 6.61 Å². The van der Waals surface area contributed by atoms with Gasteiger partial charge >= 0.3 is 0 Å². The molecule has 1 fully saturated rings. The van der Waals surface area contributed by atoms with E-state index in [1.807, 2.05) is 0 Å². The van der Waals surface area contributed by atoms with Crippen LogP contribution in [-0.2, 0) is 4.74 Å². The maximum atomic E-state index is 8.81. The van der Waals surface area contributed by atoms with Crippen LogP contribution >= 0.6 is 0 Å². The van der Waals surface area contributed by atoms with Crippen molar-refractivity contribution in [3.63, 3.8) is 0 Å². The number of hydrogen-bond acceptors (Lipinski definition) is 3. The molecule has 0 aromatic rings. The fourth-order valence-electron chi connectivity index (χ4n) is 0.862. The topological polar surface area (TPSA) is 49.7 Å².